The van der Waals surface area contributed by atoms with E-state index in [-0.39, 0.29) is 18.3 Å². The van der Waals surface area contributed by atoms with Crippen LogP contribution in [0.5, 0.6) is 0 Å². The van der Waals surface area contributed by atoms with Gasteiger partial charge in [-0.3, -0.25) is 9.13 Å². The number of nitrogens with zero attached hydrogens (tertiary/aromatic N) is 2. The van der Waals surface area contributed by atoms with Crippen LogP contribution >= 0.6 is 11.6 Å². The Kier molecular flexibility index (Phi) is 3.57. The monoisotopic (exact) mass is 268 g/mol. The van der Waals surface area contributed by atoms with Crippen molar-refractivity contribution < 1.29 is 4.39 Å². The van der Waals surface area contributed by atoms with Crippen molar-refractivity contribution in [2.24, 2.45) is 0 Å². The number of hydrogen-bond donors (Lipinski definition) is 0. The van der Waals surface area contributed by atoms with E-state index in [4.69, 9.17) is 11.6 Å². The molecule has 2 rings (SSSR count). The Bertz CT molecular complexity index is 616. The van der Waals surface area contributed by atoms with Crippen LogP contribution < -0.4 is 5.69 Å². The summed E-state index contributed by atoms with van der Waals surface area (Å²) in [5.41, 5.74) is 0.308. The van der Waals surface area contributed by atoms with Crippen molar-refractivity contribution in [1.82, 2.24) is 9.13 Å². The zero-order valence-electron chi connectivity index (χ0n) is 10.2. The van der Waals surface area contributed by atoms with Crippen LogP contribution in [-0.4, -0.2) is 9.13 Å². The van der Waals surface area contributed by atoms with Crippen LogP contribution in [-0.2, 0) is 6.54 Å². The quantitative estimate of drug-likeness (QED) is 0.840. The molecule has 3 nitrogen and oxygen atoms in total. The Hall–Kier alpha value is -1.55. The van der Waals surface area contributed by atoms with Gasteiger partial charge < -0.3 is 0 Å². The summed E-state index contributed by atoms with van der Waals surface area (Å²) in [4.78, 5) is 12.0. The number of aromatic nitrogens is 2. The topological polar surface area (TPSA) is 26.9 Å². The van der Waals surface area contributed by atoms with Crippen molar-refractivity contribution in [2.45, 2.75) is 26.4 Å². The van der Waals surface area contributed by atoms with Gasteiger partial charge in [0, 0.05) is 29.0 Å². The summed E-state index contributed by atoms with van der Waals surface area (Å²) in [6.07, 6.45) is 3.37. The first-order valence-corrected chi connectivity index (χ1v) is 6.08. The van der Waals surface area contributed by atoms with E-state index in [1.54, 1.807) is 29.1 Å². The Morgan fingerprint density at radius 3 is 2.61 bits per heavy atom. The molecule has 0 atom stereocenters. The molecule has 0 N–H and O–H groups in total. The largest absolute Gasteiger partial charge is 0.328 e. The number of halogens is 2. The summed E-state index contributed by atoms with van der Waals surface area (Å²) in [5, 5.41) is 0.350. The lowest BCUT2D eigenvalue weighted by atomic mass is 10.2. The standard InChI is InChI=1S/C13H14ClFN2O/c1-9(2)17-6-5-16(13(17)18)8-10-3-4-11(14)7-12(10)15/h3-7,9H,8H2,1-2H3. The smallest absolute Gasteiger partial charge is 0.297 e. The summed E-state index contributed by atoms with van der Waals surface area (Å²) < 4.78 is 16.7. The van der Waals surface area contributed by atoms with E-state index >= 15 is 0 Å². The minimum atomic E-state index is -0.397. The van der Waals surface area contributed by atoms with Crippen LogP contribution in [0.1, 0.15) is 25.5 Å². The maximum Gasteiger partial charge on any atom is 0.328 e. The third kappa shape index (κ3) is 2.48. The Balaban J connectivity index is 2.32. The SMILES string of the molecule is CC(C)n1ccn(Cc2ccc(Cl)cc2F)c1=O. The first-order valence-electron chi connectivity index (χ1n) is 5.70. The van der Waals surface area contributed by atoms with E-state index in [9.17, 15) is 9.18 Å². The molecule has 0 saturated carbocycles. The second-order valence-corrected chi connectivity index (χ2v) is 4.88. The molecule has 0 bridgehead atoms. The molecule has 0 amide bonds. The maximum absolute atomic E-state index is 13.6. The van der Waals surface area contributed by atoms with Crippen LogP contribution in [0.3, 0.4) is 0 Å². The lowest BCUT2D eigenvalue weighted by Gasteiger charge is -2.06. The van der Waals surface area contributed by atoms with E-state index in [0.717, 1.165) is 0 Å². The highest BCUT2D eigenvalue weighted by Crippen LogP contribution is 2.15. The van der Waals surface area contributed by atoms with Crippen LogP contribution in [0, 0.1) is 5.82 Å². The highest BCUT2D eigenvalue weighted by molar-refractivity contribution is 6.30. The maximum atomic E-state index is 13.6. The van der Waals surface area contributed by atoms with E-state index in [0.29, 0.717) is 10.6 Å². The van der Waals surface area contributed by atoms with Crippen LogP contribution in [0.4, 0.5) is 4.39 Å². The van der Waals surface area contributed by atoms with Gasteiger partial charge in [-0.15, -0.1) is 0 Å². The molecule has 1 aromatic heterocycles. The molecule has 1 aromatic carbocycles. The van der Waals surface area contributed by atoms with Crippen molar-refractivity contribution in [2.75, 3.05) is 0 Å². The average molecular weight is 269 g/mol. The molecule has 0 spiro atoms. The fourth-order valence-corrected chi connectivity index (χ4v) is 1.93. The van der Waals surface area contributed by atoms with Gasteiger partial charge in [0.1, 0.15) is 5.82 Å². The molecule has 96 valence electrons. The van der Waals surface area contributed by atoms with E-state index < -0.39 is 5.82 Å². The van der Waals surface area contributed by atoms with E-state index in [1.165, 1.54) is 10.6 Å². The lowest BCUT2D eigenvalue weighted by Crippen LogP contribution is -2.25. The first-order chi connectivity index (χ1) is 8.49. The second-order valence-electron chi connectivity index (χ2n) is 4.45. The lowest BCUT2D eigenvalue weighted by molar-refractivity contribution is 0.553. The normalized spacial score (nSPS) is 11.2. The predicted octanol–water partition coefficient (Wildman–Crippen LogP) is 3.07. The molecule has 18 heavy (non-hydrogen) atoms. The second kappa shape index (κ2) is 4.98. The van der Waals surface area contributed by atoms with Gasteiger partial charge in [-0.05, 0) is 26.0 Å². The van der Waals surface area contributed by atoms with Crippen LogP contribution in [0.2, 0.25) is 5.02 Å². The highest BCUT2D eigenvalue weighted by atomic mass is 35.5. The summed E-state index contributed by atoms with van der Waals surface area (Å²) in [6.45, 7) is 4.06. The molecule has 5 heteroatoms. The summed E-state index contributed by atoms with van der Waals surface area (Å²) >= 11 is 5.68. The molecule has 0 aliphatic carbocycles. The molecule has 0 fully saturated rings. The summed E-state index contributed by atoms with van der Waals surface area (Å²) in [7, 11) is 0. The van der Waals surface area contributed by atoms with Crippen molar-refractivity contribution in [1.29, 1.82) is 0 Å². The third-order valence-electron chi connectivity index (χ3n) is 2.79. The zero-order chi connectivity index (χ0) is 13.3. The minimum absolute atomic E-state index is 0.0915. The fraction of sp³-hybridized carbons (Fsp3) is 0.308. The molecular formula is C13H14ClFN2O. The summed E-state index contributed by atoms with van der Waals surface area (Å²) in [6, 6.07) is 4.55. The number of imidazole rings is 1. The van der Waals surface area contributed by atoms with Gasteiger partial charge in [-0.2, -0.15) is 0 Å². The van der Waals surface area contributed by atoms with Gasteiger partial charge in [-0.25, -0.2) is 9.18 Å². The average Bonchev–Trinajstić information content (AvgIpc) is 2.64. The van der Waals surface area contributed by atoms with Gasteiger partial charge in [0.2, 0.25) is 0 Å². The van der Waals surface area contributed by atoms with E-state index in [1.807, 2.05) is 13.8 Å². The Morgan fingerprint density at radius 2 is 2.06 bits per heavy atom. The van der Waals surface area contributed by atoms with Gasteiger partial charge >= 0.3 is 5.69 Å². The van der Waals surface area contributed by atoms with Gasteiger partial charge in [0.25, 0.3) is 0 Å². The number of rotatable bonds is 3. The highest BCUT2D eigenvalue weighted by Gasteiger charge is 2.09. The van der Waals surface area contributed by atoms with E-state index in [2.05, 4.69) is 0 Å². The number of benzene rings is 1. The minimum Gasteiger partial charge on any atom is -0.297 e. The first kappa shape index (κ1) is 12.9. The number of hydrogen-bond acceptors (Lipinski definition) is 1. The zero-order valence-corrected chi connectivity index (χ0v) is 11.0. The molecule has 0 unspecified atom stereocenters. The molecule has 2 aromatic rings. The molecule has 0 aliphatic heterocycles. The Morgan fingerprint density at radius 1 is 1.33 bits per heavy atom. The van der Waals surface area contributed by atoms with Crippen molar-refractivity contribution in [3.8, 4) is 0 Å². The molecular weight excluding hydrogens is 255 g/mol. The van der Waals surface area contributed by atoms with Crippen molar-refractivity contribution in [3.05, 3.63) is 57.5 Å². The van der Waals surface area contributed by atoms with Crippen molar-refractivity contribution in [3.63, 3.8) is 0 Å². The van der Waals surface area contributed by atoms with Crippen molar-refractivity contribution >= 4 is 11.6 Å². The molecule has 1 heterocycles. The molecule has 0 radical (unpaired) electrons. The third-order valence-corrected chi connectivity index (χ3v) is 3.02. The van der Waals surface area contributed by atoms with Gasteiger partial charge in [0.05, 0.1) is 6.54 Å². The molecule has 0 saturated heterocycles. The Labute approximate surface area is 109 Å². The molecule has 0 aliphatic rings. The summed E-state index contributed by atoms with van der Waals surface area (Å²) in [5.74, 6) is -0.397. The fourth-order valence-electron chi connectivity index (χ4n) is 1.77. The van der Waals surface area contributed by atoms with Crippen LogP contribution in [0.25, 0.3) is 0 Å². The van der Waals surface area contributed by atoms with Gasteiger partial charge in [-0.1, -0.05) is 17.7 Å². The predicted molar refractivity (Wildman–Crippen MR) is 69.6 cm³/mol. The van der Waals surface area contributed by atoms with Gasteiger partial charge in [0.15, 0.2) is 0 Å². The van der Waals surface area contributed by atoms with Crippen LogP contribution in [0.15, 0.2) is 35.4 Å².